The Labute approximate surface area is 111 Å². The summed E-state index contributed by atoms with van der Waals surface area (Å²) in [6, 6.07) is 11.5. The van der Waals surface area contributed by atoms with Crippen LogP contribution < -0.4 is 5.73 Å². The summed E-state index contributed by atoms with van der Waals surface area (Å²) in [5, 5.41) is 0. The number of nitrogens with zero attached hydrogens (tertiary/aromatic N) is 1. The highest BCUT2D eigenvalue weighted by Gasteiger charge is 2.32. The maximum atomic E-state index is 6.13. The summed E-state index contributed by atoms with van der Waals surface area (Å²) in [6.07, 6.45) is 2.50. The number of benzene rings is 1. The van der Waals surface area contributed by atoms with Crippen molar-refractivity contribution in [3.8, 4) is 0 Å². The van der Waals surface area contributed by atoms with Crippen molar-refractivity contribution in [1.82, 2.24) is 4.90 Å². The normalized spacial score (nSPS) is 25.6. The molecule has 2 nitrogen and oxygen atoms in total. The predicted molar refractivity (Wildman–Crippen MR) is 77.6 cm³/mol. The fraction of sp³-hybridized carbons (Fsp3) is 0.625. The van der Waals surface area contributed by atoms with E-state index in [1.807, 2.05) is 0 Å². The van der Waals surface area contributed by atoms with Gasteiger partial charge in [0.1, 0.15) is 0 Å². The minimum absolute atomic E-state index is 0.0874. The van der Waals surface area contributed by atoms with Crippen LogP contribution in [0.2, 0.25) is 0 Å². The van der Waals surface area contributed by atoms with Crippen molar-refractivity contribution in [1.29, 1.82) is 0 Å². The molecule has 0 bridgehead atoms. The van der Waals surface area contributed by atoms with Gasteiger partial charge >= 0.3 is 0 Å². The average molecular weight is 246 g/mol. The molecule has 1 aromatic carbocycles. The maximum Gasteiger partial charge on any atom is 0.0226 e. The van der Waals surface area contributed by atoms with Gasteiger partial charge in [-0.05, 0) is 51.6 Å². The van der Waals surface area contributed by atoms with E-state index in [-0.39, 0.29) is 5.54 Å². The average Bonchev–Trinajstić information content (AvgIpc) is 2.61. The lowest BCUT2D eigenvalue weighted by atomic mass is 9.93. The highest BCUT2D eigenvalue weighted by atomic mass is 15.2. The lowest BCUT2D eigenvalue weighted by Gasteiger charge is -2.31. The molecule has 2 heteroatoms. The van der Waals surface area contributed by atoms with Crippen LogP contribution in [0.15, 0.2) is 30.3 Å². The van der Waals surface area contributed by atoms with Crippen molar-refractivity contribution in [2.24, 2.45) is 11.7 Å². The molecule has 0 radical (unpaired) electrons. The van der Waals surface area contributed by atoms with Crippen LogP contribution in [0.5, 0.6) is 0 Å². The second-order valence-corrected chi connectivity index (χ2v) is 6.44. The Balaban J connectivity index is 1.93. The summed E-state index contributed by atoms with van der Waals surface area (Å²) in [5.41, 5.74) is 7.51. The van der Waals surface area contributed by atoms with Gasteiger partial charge in [-0.1, -0.05) is 30.3 Å². The molecule has 0 saturated carbocycles. The van der Waals surface area contributed by atoms with E-state index in [0.29, 0.717) is 6.04 Å². The molecular formula is C16H26N2. The zero-order chi connectivity index (χ0) is 13.2. The third-order valence-electron chi connectivity index (χ3n) is 4.00. The third-order valence-corrected chi connectivity index (χ3v) is 4.00. The van der Waals surface area contributed by atoms with E-state index in [2.05, 4.69) is 56.0 Å². The fourth-order valence-corrected chi connectivity index (χ4v) is 3.01. The van der Waals surface area contributed by atoms with Gasteiger partial charge in [0.05, 0.1) is 0 Å². The van der Waals surface area contributed by atoms with Gasteiger partial charge in [0.15, 0.2) is 0 Å². The van der Waals surface area contributed by atoms with Crippen molar-refractivity contribution in [3.05, 3.63) is 35.9 Å². The van der Waals surface area contributed by atoms with Crippen LogP contribution in [0.25, 0.3) is 0 Å². The molecule has 1 heterocycles. The minimum atomic E-state index is -0.0874. The predicted octanol–water partition coefficient (Wildman–Crippen LogP) is 2.68. The van der Waals surface area contributed by atoms with Crippen LogP contribution in [0.4, 0.5) is 0 Å². The first-order valence-electron chi connectivity index (χ1n) is 7.02. The van der Waals surface area contributed by atoms with Crippen molar-refractivity contribution in [2.75, 3.05) is 13.1 Å². The van der Waals surface area contributed by atoms with E-state index in [0.717, 1.165) is 12.5 Å². The number of hydrogen-bond acceptors (Lipinski definition) is 2. The smallest absolute Gasteiger partial charge is 0.0226 e. The standard InChI is InChI=1S/C16H26N2/c1-13-15(11-14-7-5-4-6-8-14)9-10-18(13)12-16(2,3)17/h4-8,13,15H,9-12,17H2,1-3H3. The van der Waals surface area contributed by atoms with E-state index in [1.165, 1.54) is 24.9 Å². The molecule has 0 amide bonds. The molecular weight excluding hydrogens is 220 g/mol. The Morgan fingerprint density at radius 3 is 2.56 bits per heavy atom. The number of hydrogen-bond donors (Lipinski definition) is 1. The first kappa shape index (κ1) is 13.6. The molecule has 2 atom stereocenters. The summed E-state index contributed by atoms with van der Waals surface area (Å²) < 4.78 is 0. The Hall–Kier alpha value is -0.860. The number of nitrogens with two attached hydrogens (primary N) is 1. The summed E-state index contributed by atoms with van der Waals surface area (Å²) in [5.74, 6) is 0.773. The van der Waals surface area contributed by atoms with Gasteiger partial charge in [0.2, 0.25) is 0 Å². The summed E-state index contributed by atoms with van der Waals surface area (Å²) in [7, 11) is 0. The first-order chi connectivity index (χ1) is 8.46. The highest BCUT2D eigenvalue weighted by Crippen LogP contribution is 2.28. The highest BCUT2D eigenvalue weighted by molar-refractivity contribution is 5.16. The Morgan fingerprint density at radius 1 is 1.28 bits per heavy atom. The van der Waals surface area contributed by atoms with Gasteiger partial charge in [0, 0.05) is 18.1 Å². The van der Waals surface area contributed by atoms with Gasteiger partial charge in [-0.3, -0.25) is 4.90 Å². The van der Waals surface area contributed by atoms with Gasteiger partial charge in [-0.2, -0.15) is 0 Å². The minimum Gasteiger partial charge on any atom is -0.324 e. The SMILES string of the molecule is CC1C(Cc2ccccc2)CCN1CC(C)(C)N. The first-order valence-corrected chi connectivity index (χ1v) is 7.02. The van der Waals surface area contributed by atoms with Crippen molar-refractivity contribution in [2.45, 2.75) is 45.2 Å². The van der Waals surface area contributed by atoms with Crippen molar-refractivity contribution >= 4 is 0 Å². The zero-order valence-corrected chi connectivity index (χ0v) is 11.9. The van der Waals surface area contributed by atoms with Crippen LogP contribution in [-0.4, -0.2) is 29.6 Å². The Bertz CT molecular complexity index is 366. The van der Waals surface area contributed by atoms with E-state index in [1.54, 1.807) is 0 Å². The van der Waals surface area contributed by atoms with Crippen LogP contribution in [0, 0.1) is 5.92 Å². The second kappa shape index (κ2) is 5.41. The number of likely N-dealkylation sites (tertiary alicyclic amines) is 1. The zero-order valence-electron chi connectivity index (χ0n) is 11.9. The van der Waals surface area contributed by atoms with Gasteiger partial charge in [-0.25, -0.2) is 0 Å². The molecule has 1 aliphatic rings. The molecule has 1 aromatic rings. The maximum absolute atomic E-state index is 6.13. The number of rotatable bonds is 4. The van der Waals surface area contributed by atoms with Crippen LogP contribution in [0.3, 0.4) is 0 Å². The molecule has 1 aliphatic heterocycles. The van der Waals surface area contributed by atoms with Gasteiger partial charge in [0.25, 0.3) is 0 Å². The molecule has 0 spiro atoms. The molecule has 0 aromatic heterocycles. The monoisotopic (exact) mass is 246 g/mol. The second-order valence-electron chi connectivity index (χ2n) is 6.44. The van der Waals surface area contributed by atoms with E-state index in [9.17, 15) is 0 Å². The lowest BCUT2D eigenvalue weighted by Crippen LogP contribution is -2.47. The van der Waals surface area contributed by atoms with Crippen LogP contribution in [-0.2, 0) is 6.42 Å². The van der Waals surface area contributed by atoms with E-state index < -0.39 is 0 Å². The lowest BCUT2D eigenvalue weighted by molar-refractivity contribution is 0.201. The summed E-state index contributed by atoms with van der Waals surface area (Å²) >= 11 is 0. The van der Waals surface area contributed by atoms with Crippen molar-refractivity contribution < 1.29 is 0 Å². The van der Waals surface area contributed by atoms with Crippen LogP contribution in [0.1, 0.15) is 32.8 Å². The summed E-state index contributed by atoms with van der Waals surface area (Å²) in [4.78, 5) is 2.55. The Kier molecular flexibility index (Phi) is 4.08. The molecule has 0 aliphatic carbocycles. The quantitative estimate of drug-likeness (QED) is 0.885. The molecule has 2 rings (SSSR count). The van der Waals surface area contributed by atoms with Gasteiger partial charge in [-0.15, -0.1) is 0 Å². The molecule has 2 unspecified atom stereocenters. The van der Waals surface area contributed by atoms with Crippen molar-refractivity contribution in [3.63, 3.8) is 0 Å². The molecule has 1 fully saturated rings. The molecule has 2 N–H and O–H groups in total. The fourth-order valence-electron chi connectivity index (χ4n) is 3.01. The molecule has 18 heavy (non-hydrogen) atoms. The molecule has 100 valence electrons. The largest absolute Gasteiger partial charge is 0.324 e. The van der Waals surface area contributed by atoms with Gasteiger partial charge < -0.3 is 5.73 Å². The van der Waals surface area contributed by atoms with E-state index >= 15 is 0 Å². The third kappa shape index (κ3) is 3.56. The van der Waals surface area contributed by atoms with E-state index in [4.69, 9.17) is 5.73 Å². The molecule has 1 saturated heterocycles. The topological polar surface area (TPSA) is 29.3 Å². The Morgan fingerprint density at radius 2 is 1.94 bits per heavy atom. The van der Waals surface area contributed by atoms with Crippen LogP contribution >= 0.6 is 0 Å². The summed E-state index contributed by atoms with van der Waals surface area (Å²) in [6.45, 7) is 8.78.